The van der Waals surface area contributed by atoms with Crippen LogP contribution in [0.4, 0.5) is 0 Å². The summed E-state index contributed by atoms with van der Waals surface area (Å²) in [4.78, 5) is 4.00. The molecule has 0 aliphatic rings. The molecule has 3 nitrogen and oxygen atoms in total. The molecule has 18 heavy (non-hydrogen) atoms. The summed E-state index contributed by atoms with van der Waals surface area (Å²) in [6.45, 7) is 3.99. The lowest BCUT2D eigenvalue weighted by Gasteiger charge is -2.15. The van der Waals surface area contributed by atoms with Crippen molar-refractivity contribution < 1.29 is 4.74 Å². The molecule has 2 atom stereocenters. The largest absolute Gasteiger partial charge is 0.486 e. The van der Waals surface area contributed by atoms with Crippen LogP contribution in [0.3, 0.4) is 0 Å². The van der Waals surface area contributed by atoms with Gasteiger partial charge in [0.1, 0.15) is 11.9 Å². The van der Waals surface area contributed by atoms with E-state index < -0.39 is 0 Å². The van der Waals surface area contributed by atoms with Crippen LogP contribution in [0, 0.1) is 0 Å². The molecule has 2 unspecified atom stereocenters. The molecule has 0 fully saturated rings. The number of aromatic nitrogens is 1. The zero-order valence-corrected chi connectivity index (χ0v) is 10.7. The zero-order valence-electron chi connectivity index (χ0n) is 10.7. The highest BCUT2D eigenvalue weighted by molar-refractivity contribution is 5.29. The summed E-state index contributed by atoms with van der Waals surface area (Å²) in [6.07, 6.45) is 3.55. The lowest BCUT2D eigenvalue weighted by Crippen LogP contribution is -2.05. The van der Waals surface area contributed by atoms with Gasteiger partial charge in [-0.3, -0.25) is 4.98 Å². The summed E-state index contributed by atoms with van der Waals surface area (Å²) in [5, 5.41) is 0. The second-order valence-corrected chi connectivity index (χ2v) is 4.40. The van der Waals surface area contributed by atoms with E-state index in [2.05, 4.69) is 4.98 Å². The summed E-state index contributed by atoms with van der Waals surface area (Å²) < 4.78 is 5.87. The van der Waals surface area contributed by atoms with Crippen molar-refractivity contribution in [1.29, 1.82) is 0 Å². The first-order valence-electron chi connectivity index (χ1n) is 6.09. The maximum absolute atomic E-state index is 5.87. The number of hydrogen-bond acceptors (Lipinski definition) is 3. The third-order valence-electron chi connectivity index (χ3n) is 2.89. The molecule has 94 valence electrons. The van der Waals surface area contributed by atoms with Gasteiger partial charge in [-0.05, 0) is 49.2 Å². The Hall–Kier alpha value is -1.87. The second-order valence-electron chi connectivity index (χ2n) is 4.40. The fourth-order valence-corrected chi connectivity index (χ4v) is 1.76. The quantitative estimate of drug-likeness (QED) is 0.895. The van der Waals surface area contributed by atoms with Gasteiger partial charge < -0.3 is 10.5 Å². The monoisotopic (exact) mass is 242 g/mol. The first kappa shape index (κ1) is 12.6. The van der Waals surface area contributed by atoms with Gasteiger partial charge in [-0.25, -0.2) is 0 Å². The second kappa shape index (κ2) is 5.65. The summed E-state index contributed by atoms with van der Waals surface area (Å²) in [5.74, 6) is 0.851. The molecule has 0 spiro atoms. The van der Waals surface area contributed by atoms with Crippen molar-refractivity contribution in [2.75, 3.05) is 0 Å². The van der Waals surface area contributed by atoms with Crippen LogP contribution >= 0.6 is 0 Å². The highest BCUT2D eigenvalue weighted by Gasteiger charge is 2.07. The Balaban J connectivity index is 2.05. The van der Waals surface area contributed by atoms with Gasteiger partial charge in [0, 0.05) is 18.4 Å². The van der Waals surface area contributed by atoms with Crippen molar-refractivity contribution in [1.82, 2.24) is 4.98 Å². The standard InChI is InChI=1S/C15H18N2O/c1-11(16)13-3-5-15(6-4-13)18-12(2)14-7-9-17-10-8-14/h3-12H,16H2,1-2H3. The van der Waals surface area contributed by atoms with E-state index in [1.807, 2.05) is 50.2 Å². The van der Waals surface area contributed by atoms with Gasteiger partial charge in [0.2, 0.25) is 0 Å². The topological polar surface area (TPSA) is 48.1 Å². The van der Waals surface area contributed by atoms with Crippen LogP contribution in [0.25, 0.3) is 0 Å². The molecule has 3 heteroatoms. The predicted molar refractivity (Wildman–Crippen MR) is 72.3 cm³/mol. The van der Waals surface area contributed by atoms with Crippen LogP contribution in [-0.2, 0) is 0 Å². The molecule has 1 aromatic carbocycles. The molecule has 2 rings (SSSR count). The third-order valence-corrected chi connectivity index (χ3v) is 2.89. The smallest absolute Gasteiger partial charge is 0.121 e. The average Bonchev–Trinajstić information content (AvgIpc) is 2.40. The summed E-state index contributed by atoms with van der Waals surface area (Å²) in [5.41, 5.74) is 8.03. The Labute approximate surface area is 108 Å². The first-order chi connectivity index (χ1) is 8.66. The van der Waals surface area contributed by atoms with Crippen LogP contribution < -0.4 is 10.5 Å². The molecule has 0 radical (unpaired) electrons. The van der Waals surface area contributed by atoms with Crippen molar-refractivity contribution in [3.63, 3.8) is 0 Å². The number of hydrogen-bond donors (Lipinski definition) is 1. The molecule has 0 saturated heterocycles. The minimum absolute atomic E-state index is 0.00847. The van der Waals surface area contributed by atoms with Crippen molar-refractivity contribution >= 4 is 0 Å². The van der Waals surface area contributed by atoms with Crippen LogP contribution in [0.15, 0.2) is 48.8 Å². The fourth-order valence-electron chi connectivity index (χ4n) is 1.76. The third kappa shape index (κ3) is 3.08. The van der Waals surface area contributed by atoms with Gasteiger partial charge in [-0.2, -0.15) is 0 Å². The van der Waals surface area contributed by atoms with Gasteiger partial charge in [-0.15, -0.1) is 0 Å². The van der Waals surface area contributed by atoms with E-state index in [1.165, 1.54) is 0 Å². The van der Waals surface area contributed by atoms with E-state index >= 15 is 0 Å². The van der Waals surface area contributed by atoms with Gasteiger partial charge >= 0.3 is 0 Å². The summed E-state index contributed by atoms with van der Waals surface area (Å²) in [6, 6.07) is 11.9. The van der Waals surface area contributed by atoms with Crippen molar-refractivity contribution in [2.45, 2.75) is 26.0 Å². The Kier molecular flexibility index (Phi) is 3.95. The van der Waals surface area contributed by atoms with Gasteiger partial charge in [-0.1, -0.05) is 12.1 Å². The number of pyridine rings is 1. The summed E-state index contributed by atoms with van der Waals surface area (Å²) >= 11 is 0. The minimum atomic E-state index is 0.00847. The Morgan fingerprint density at radius 1 is 0.944 bits per heavy atom. The van der Waals surface area contributed by atoms with Gasteiger partial charge in [0.15, 0.2) is 0 Å². The predicted octanol–water partition coefficient (Wildman–Crippen LogP) is 3.24. The molecule has 0 saturated carbocycles. The average molecular weight is 242 g/mol. The van der Waals surface area contributed by atoms with Gasteiger partial charge in [0.25, 0.3) is 0 Å². The van der Waals surface area contributed by atoms with Crippen molar-refractivity contribution in [3.05, 3.63) is 59.9 Å². The normalized spacial score (nSPS) is 13.9. The van der Waals surface area contributed by atoms with Crippen molar-refractivity contribution in [3.8, 4) is 5.75 Å². The molecule has 2 aromatic rings. The number of nitrogens with zero attached hydrogens (tertiary/aromatic N) is 1. The highest BCUT2D eigenvalue weighted by Crippen LogP contribution is 2.22. The molecule has 0 amide bonds. The Bertz CT molecular complexity index is 480. The van der Waals surface area contributed by atoms with E-state index in [4.69, 9.17) is 10.5 Å². The molecular weight excluding hydrogens is 224 g/mol. The molecule has 0 bridgehead atoms. The lowest BCUT2D eigenvalue weighted by atomic mass is 10.1. The van der Waals surface area contributed by atoms with Gasteiger partial charge in [0.05, 0.1) is 0 Å². The van der Waals surface area contributed by atoms with E-state index in [0.717, 1.165) is 16.9 Å². The number of nitrogens with two attached hydrogens (primary N) is 1. The number of benzene rings is 1. The van der Waals surface area contributed by atoms with E-state index in [-0.39, 0.29) is 12.1 Å². The molecule has 2 N–H and O–H groups in total. The zero-order chi connectivity index (χ0) is 13.0. The minimum Gasteiger partial charge on any atom is -0.486 e. The molecule has 1 heterocycles. The molecule has 1 aromatic heterocycles. The number of rotatable bonds is 4. The summed E-state index contributed by atoms with van der Waals surface area (Å²) in [7, 11) is 0. The van der Waals surface area contributed by atoms with Crippen LogP contribution in [0.1, 0.15) is 37.1 Å². The van der Waals surface area contributed by atoms with E-state index in [9.17, 15) is 0 Å². The number of ether oxygens (including phenoxy) is 1. The maximum Gasteiger partial charge on any atom is 0.121 e. The van der Waals surface area contributed by atoms with Crippen LogP contribution in [-0.4, -0.2) is 4.98 Å². The Morgan fingerprint density at radius 2 is 1.56 bits per heavy atom. The van der Waals surface area contributed by atoms with E-state index in [0.29, 0.717) is 0 Å². The lowest BCUT2D eigenvalue weighted by molar-refractivity contribution is 0.227. The van der Waals surface area contributed by atoms with E-state index in [1.54, 1.807) is 12.4 Å². The molecule has 0 aliphatic heterocycles. The Morgan fingerprint density at radius 3 is 2.11 bits per heavy atom. The first-order valence-corrected chi connectivity index (χ1v) is 6.09. The molecular formula is C15H18N2O. The highest BCUT2D eigenvalue weighted by atomic mass is 16.5. The SMILES string of the molecule is CC(N)c1ccc(OC(C)c2ccncc2)cc1. The molecule has 0 aliphatic carbocycles. The van der Waals surface area contributed by atoms with Crippen molar-refractivity contribution in [2.24, 2.45) is 5.73 Å². The van der Waals surface area contributed by atoms with Crippen LogP contribution in [0.2, 0.25) is 0 Å². The van der Waals surface area contributed by atoms with Crippen LogP contribution in [0.5, 0.6) is 5.75 Å². The maximum atomic E-state index is 5.87. The fraction of sp³-hybridized carbons (Fsp3) is 0.267.